The predicted octanol–water partition coefficient (Wildman–Crippen LogP) is 1.52. The van der Waals surface area contributed by atoms with Crippen LogP contribution in [0, 0.1) is 0 Å². The van der Waals surface area contributed by atoms with Crippen LogP contribution in [0.25, 0.3) is 0 Å². The van der Waals surface area contributed by atoms with Crippen LogP contribution in [0.5, 0.6) is 0 Å². The Bertz CT molecular complexity index is 313. The fourth-order valence-corrected chi connectivity index (χ4v) is 1.59. The average Bonchev–Trinajstić information content (AvgIpc) is 2.89. The number of hydrogen-bond donors (Lipinski definition) is 0. The molecule has 0 unspecified atom stereocenters. The molecule has 1 heterocycles. The molecule has 1 aromatic rings. The first-order chi connectivity index (χ1) is 6.35. The van der Waals surface area contributed by atoms with Gasteiger partial charge in [0.2, 0.25) is 0 Å². The third-order valence-corrected chi connectivity index (χ3v) is 2.46. The van der Waals surface area contributed by atoms with Crippen molar-refractivity contribution < 1.29 is 4.79 Å². The van der Waals surface area contributed by atoms with Gasteiger partial charge in [0.1, 0.15) is 6.29 Å². The largest absolute Gasteiger partial charge is 0.303 e. The van der Waals surface area contributed by atoms with Gasteiger partial charge >= 0.3 is 0 Å². The Hall–Kier alpha value is -1.12. The lowest BCUT2D eigenvalue weighted by atomic mass is 10.1. The van der Waals surface area contributed by atoms with Gasteiger partial charge in [-0.05, 0) is 19.8 Å². The summed E-state index contributed by atoms with van der Waals surface area (Å²) >= 11 is 0. The molecule has 1 aliphatic rings. The second-order valence-electron chi connectivity index (χ2n) is 3.54. The summed E-state index contributed by atoms with van der Waals surface area (Å²) in [5.41, 5.74) is 2.29. The van der Waals surface area contributed by atoms with E-state index in [2.05, 4.69) is 12.0 Å². The van der Waals surface area contributed by atoms with E-state index in [0.717, 1.165) is 24.1 Å². The van der Waals surface area contributed by atoms with Gasteiger partial charge in [-0.15, -0.1) is 0 Å². The SMILES string of the molecule is CCn1cc(CC=O)c(C2CC2)n1. The molecule has 1 aromatic heterocycles. The fourth-order valence-electron chi connectivity index (χ4n) is 1.59. The van der Waals surface area contributed by atoms with Gasteiger partial charge in [-0.3, -0.25) is 4.68 Å². The normalized spacial score (nSPS) is 16.1. The van der Waals surface area contributed by atoms with Crippen LogP contribution in [0.3, 0.4) is 0 Å². The minimum Gasteiger partial charge on any atom is -0.303 e. The third kappa shape index (κ3) is 1.64. The average molecular weight is 178 g/mol. The highest BCUT2D eigenvalue weighted by atomic mass is 16.1. The van der Waals surface area contributed by atoms with Crippen LogP contribution in [0.4, 0.5) is 0 Å². The van der Waals surface area contributed by atoms with Gasteiger partial charge in [-0.2, -0.15) is 5.10 Å². The van der Waals surface area contributed by atoms with E-state index < -0.39 is 0 Å². The molecular formula is C10H14N2O. The number of aldehydes is 1. The van der Waals surface area contributed by atoms with E-state index >= 15 is 0 Å². The molecule has 2 rings (SSSR count). The Balaban J connectivity index is 2.27. The molecule has 3 heteroatoms. The second-order valence-corrected chi connectivity index (χ2v) is 3.54. The van der Waals surface area contributed by atoms with Crippen molar-refractivity contribution in [3.8, 4) is 0 Å². The van der Waals surface area contributed by atoms with Crippen LogP contribution < -0.4 is 0 Å². The van der Waals surface area contributed by atoms with Crippen LogP contribution in [-0.4, -0.2) is 16.1 Å². The van der Waals surface area contributed by atoms with Crippen molar-refractivity contribution in [2.45, 2.75) is 38.6 Å². The van der Waals surface area contributed by atoms with E-state index in [1.807, 2.05) is 10.9 Å². The number of aryl methyl sites for hydroxylation is 1. The van der Waals surface area contributed by atoms with Crippen molar-refractivity contribution >= 4 is 6.29 Å². The molecule has 0 N–H and O–H groups in total. The standard InChI is InChI=1S/C10H14N2O/c1-2-12-7-9(5-6-13)10(11-12)8-3-4-8/h6-8H,2-5H2,1H3. The summed E-state index contributed by atoms with van der Waals surface area (Å²) in [4.78, 5) is 10.4. The second kappa shape index (κ2) is 3.32. The topological polar surface area (TPSA) is 34.9 Å². The minimum atomic E-state index is 0.520. The Morgan fingerprint density at radius 3 is 3.00 bits per heavy atom. The van der Waals surface area contributed by atoms with Crippen LogP contribution in [0.1, 0.15) is 36.9 Å². The Morgan fingerprint density at radius 2 is 2.46 bits per heavy atom. The van der Waals surface area contributed by atoms with Crippen LogP contribution in [0.2, 0.25) is 0 Å². The number of carbonyl (C=O) groups excluding carboxylic acids is 1. The van der Waals surface area contributed by atoms with Gasteiger partial charge in [0.05, 0.1) is 5.69 Å². The molecule has 0 bridgehead atoms. The molecule has 0 amide bonds. The van der Waals surface area contributed by atoms with E-state index in [1.165, 1.54) is 12.8 Å². The quantitative estimate of drug-likeness (QED) is 0.655. The molecule has 1 saturated carbocycles. The van der Waals surface area contributed by atoms with Crippen molar-refractivity contribution in [3.63, 3.8) is 0 Å². The zero-order valence-corrected chi connectivity index (χ0v) is 7.86. The van der Waals surface area contributed by atoms with E-state index in [9.17, 15) is 4.79 Å². The van der Waals surface area contributed by atoms with Crippen LogP contribution in [0.15, 0.2) is 6.20 Å². The van der Waals surface area contributed by atoms with E-state index in [-0.39, 0.29) is 0 Å². The third-order valence-electron chi connectivity index (χ3n) is 2.46. The predicted molar refractivity (Wildman–Crippen MR) is 49.6 cm³/mol. The summed E-state index contributed by atoms with van der Waals surface area (Å²) in [7, 11) is 0. The molecule has 0 saturated heterocycles. The maximum absolute atomic E-state index is 10.4. The molecule has 0 aromatic carbocycles. The van der Waals surface area contributed by atoms with Crippen molar-refractivity contribution in [1.82, 2.24) is 9.78 Å². The monoisotopic (exact) mass is 178 g/mol. The molecule has 1 aliphatic carbocycles. The zero-order valence-electron chi connectivity index (χ0n) is 7.86. The minimum absolute atomic E-state index is 0.520. The Morgan fingerprint density at radius 1 is 1.69 bits per heavy atom. The first-order valence-electron chi connectivity index (χ1n) is 4.85. The van der Waals surface area contributed by atoms with E-state index in [4.69, 9.17) is 0 Å². The molecule has 1 fully saturated rings. The molecule has 0 radical (unpaired) electrons. The van der Waals surface area contributed by atoms with E-state index in [1.54, 1.807) is 0 Å². The molecule has 70 valence electrons. The Kier molecular flexibility index (Phi) is 2.17. The maximum atomic E-state index is 10.4. The summed E-state index contributed by atoms with van der Waals surface area (Å²) in [6.07, 6.45) is 5.97. The maximum Gasteiger partial charge on any atom is 0.124 e. The van der Waals surface area contributed by atoms with Gasteiger partial charge in [0.25, 0.3) is 0 Å². The van der Waals surface area contributed by atoms with E-state index in [0.29, 0.717) is 12.3 Å². The van der Waals surface area contributed by atoms with Crippen LogP contribution >= 0.6 is 0 Å². The van der Waals surface area contributed by atoms with Gasteiger partial charge < -0.3 is 4.79 Å². The molecular weight excluding hydrogens is 164 g/mol. The summed E-state index contributed by atoms with van der Waals surface area (Å²) < 4.78 is 1.92. The molecule has 0 spiro atoms. The molecule has 13 heavy (non-hydrogen) atoms. The lowest BCUT2D eigenvalue weighted by Crippen LogP contribution is -1.94. The Labute approximate surface area is 77.7 Å². The first-order valence-corrected chi connectivity index (χ1v) is 4.85. The number of rotatable bonds is 4. The fraction of sp³-hybridized carbons (Fsp3) is 0.600. The highest BCUT2D eigenvalue weighted by Gasteiger charge is 2.28. The van der Waals surface area contributed by atoms with Gasteiger partial charge in [0, 0.05) is 30.6 Å². The van der Waals surface area contributed by atoms with Crippen molar-refractivity contribution in [3.05, 3.63) is 17.5 Å². The summed E-state index contributed by atoms with van der Waals surface area (Å²) in [5, 5.41) is 4.47. The molecule has 0 aliphatic heterocycles. The smallest absolute Gasteiger partial charge is 0.124 e. The molecule has 3 nitrogen and oxygen atoms in total. The van der Waals surface area contributed by atoms with Crippen LogP contribution in [-0.2, 0) is 17.8 Å². The van der Waals surface area contributed by atoms with Crippen molar-refractivity contribution in [2.75, 3.05) is 0 Å². The summed E-state index contributed by atoms with van der Waals surface area (Å²) in [5.74, 6) is 0.641. The number of nitrogens with zero attached hydrogens (tertiary/aromatic N) is 2. The lowest BCUT2D eigenvalue weighted by molar-refractivity contribution is -0.107. The van der Waals surface area contributed by atoms with Crippen molar-refractivity contribution in [1.29, 1.82) is 0 Å². The van der Waals surface area contributed by atoms with Crippen molar-refractivity contribution in [2.24, 2.45) is 0 Å². The summed E-state index contributed by atoms with van der Waals surface area (Å²) in [6, 6.07) is 0. The number of carbonyl (C=O) groups is 1. The highest BCUT2D eigenvalue weighted by molar-refractivity contribution is 5.55. The highest BCUT2D eigenvalue weighted by Crippen LogP contribution is 2.40. The number of aromatic nitrogens is 2. The first kappa shape index (κ1) is 8.48. The zero-order chi connectivity index (χ0) is 9.26. The molecule has 0 atom stereocenters. The van der Waals surface area contributed by atoms with Gasteiger partial charge in [0.15, 0.2) is 0 Å². The summed E-state index contributed by atoms with van der Waals surface area (Å²) in [6.45, 7) is 2.95. The number of hydrogen-bond acceptors (Lipinski definition) is 2. The lowest BCUT2D eigenvalue weighted by Gasteiger charge is -1.93. The van der Waals surface area contributed by atoms with Gasteiger partial charge in [-0.1, -0.05) is 0 Å². The van der Waals surface area contributed by atoms with Gasteiger partial charge in [-0.25, -0.2) is 0 Å².